The van der Waals surface area contributed by atoms with Gasteiger partial charge in [0.1, 0.15) is 12.0 Å². The monoisotopic (exact) mass is 344 g/mol. The molecule has 25 heavy (non-hydrogen) atoms. The zero-order valence-corrected chi connectivity index (χ0v) is 14.5. The normalized spacial score (nSPS) is 10.7. The number of amides is 2. The first-order valence-corrected chi connectivity index (χ1v) is 8.07. The zero-order valence-electron chi connectivity index (χ0n) is 14.5. The maximum atomic E-state index is 12.0. The van der Waals surface area contributed by atoms with E-state index in [1.807, 2.05) is 31.1 Å². The predicted octanol–water partition coefficient (Wildman–Crippen LogP) is 0.960. The summed E-state index contributed by atoms with van der Waals surface area (Å²) < 4.78 is 5.14. The summed E-state index contributed by atoms with van der Waals surface area (Å²) in [5.74, 6) is 0.230. The number of nitrogens with zero attached hydrogens (tertiary/aromatic N) is 1. The minimum absolute atomic E-state index is 0.106. The van der Waals surface area contributed by atoms with Crippen molar-refractivity contribution in [2.75, 3.05) is 27.2 Å². The van der Waals surface area contributed by atoms with E-state index in [4.69, 9.17) is 10.2 Å². The van der Waals surface area contributed by atoms with Crippen LogP contribution in [0.4, 0.5) is 0 Å². The van der Waals surface area contributed by atoms with Gasteiger partial charge < -0.3 is 25.7 Å². The quantitative estimate of drug-likeness (QED) is 0.662. The Bertz CT molecular complexity index is 707. The topological polar surface area (TPSA) is 101 Å². The molecule has 7 nitrogen and oxygen atoms in total. The largest absolute Gasteiger partial charge is 0.467 e. The van der Waals surface area contributed by atoms with Gasteiger partial charge in [-0.05, 0) is 37.9 Å². The summed E-state index contributed by atoms with van der Waals surface area (Å²) in [6.45, 7) is 2.00. The Morgan fingerprint density at radius 1 is 1.08 bits per heavy atom. The van der Waals surface area contributed by atoms with Crippen LogP contribution in [0.5, 0.6) is 0 Å². The molecule has 2 rings (SSSR count). The molecule has 2 amide bonds. The van der Waals surface area contributed by atoms with Gasteiger partial charge in [-0.15, -0.1) is 0 Å². The van der Waals surface area contributed by atoms with Crippen molar-refractivity contribution in [3.8, 4) is 0 Å². The molecule has 0 aliphatic rings. The lowest BCUT2D eigenvalue weighted by Crippen LogP contribution is -2.31. The maximum Gasteiger partial charge on any atom is 0.254 e. The predicted molar refractivity (Wildman–Crippen MR) is 95.1 cm³/mol. The van der Waals surface area contributed by atoms with Crippen molar-refractivity contribution in [3.63, 3.8) is 0 Å². The summed E-state index contributed by atoms with van der Waals surface area (Å²) in [7, 11) is 3.91. The highest BCUT2D eigenvalue weighted by molar-refractivity contribution is 5.94. The van der Waals surface area contributed by atoms with Gasteiger partial charge >= 0.3 is 0 Å². The molecule has 7 heteroatoms. The van der Waals surface area contributed by atoms with Crippen LogP contribution in [0.2, 0.25) is 0 Å². The van der Waals surface area contributed by atoms with E-state index < -0.39 is 0 Å². The van der Waals surface area contributed by atoms with Crippen LogP contribution in [-0.2, 0) is 13.1 Å². The van der Waals surface area contributed by atoms with Crippen molar-refractivity contribution in [1.82, 2.24) is 15.5 Å². The first-order chi connectivity index (χ1) is 12.0. The molecule has 0 radical (unpaired) electrons. The molecule has 0 spiro atoms. The summed E-state index contributed by atoms with van der Waals surface area (Å²) >= 11 is 0. The van der Waals surface area contributed by atoms with Crippen molar-refractivity contribution in [1.29, 1.82) is 0 Å². The Morgan fingerprint density at radius 3 is 2.36 bits per heavy atom. The van der Waals surface area contributed by atoms with Crippen LogP contribution < -0.4 is 16.4 Å². The first-order valence-electron chi connectivity index (χ1n) is 8.07. The maximum absolute atomic E-state index is 12.0. The second-order valence-corrected chi connectivity index (χ2v) is 5.94. The Morgan fingerprint density at radius 2 is 1.76 bits per heavy atom. The smallest absolute Gasteiger partial charge is 0.254 e. The standard InChI is InChI=1S/C18H24N4O3/c1-22(2)8-7-20-17(23)14-5-3-13(4-6-14)11-21-18(24)15-9-16(10-19)25-12-15/h3-6,9,12H,7-8,10-11,19H2,1-2H3,(H,20,23)(H,21,24). The van der Waals surface area contributed by atoms with Crippen LogP contribution in [0.1, 0.15) is 32.0 Å². The van der Waals surface area contributed by atoms with E-state index in [1.165, 1.54) is 6.26 Å². The van der Waals surface area contributed by atoms with Gasteiger partial charge in [0.25, 0.3) is 11.8 Å². The van der Waals surface area contributed by atoms with Crippen LogP contribution >= 0.6 is 0 Å². The van der Waals surface area contributed by atoms with Gasteiger partial charge in [-0.2, -0.15) is 0 Å². The fraction of sp³-hybridized carbons (Fsp3) is 0.333. The summed E-state index contributed by atoms with van der Waals surface area (Å²) in [6, 6.07) is 8.76. The highest BCUT2D eigenvalue weighted by atomic mass is 16.3. The van der Waals surface area contributed by atoms with Crippen LogP contribution in [-0.4, -0.2) is 43.9 Å². The summed E-state index contributed by atoms with van der Waals surface area (Å²) in [4.78, 5) is 26.0. The molecule has 0 unspecified atom stereocenters. The number of nitrogens with one attached hydrogen (secondary N) is 2. The third kappa shape index (κ3) is 5.74. The van der Waals surface area contributed by atoms with Crippen molar-refractivity contribution >= 4 is 11.8 Å². The number of rotatable bonds is 8. The van der Waals surface area contributed by atoms with Crippen molar-refractivity contribution in [2.45, 2.75) is 13.1 Å². The molecule has 0 atom stereocenters. The van der Waals surface area contributed by atoms with E-state index >= 15 is 0 Å². The van der Waals surface area contributed by atoms with E-state index in [9.17, 15) is 9.59 Å². The molecule has 0 aliphatic heterocycles. The van der Waals surface area contributed by atoms with Gasteiger partial charge in [-0.3, -0.25) is 9.59 Å². The molecule has 1 aromatic carbocycles. The van der Waals surface area contributed by atoms with E-state index in [-0.39, 0.29) is 18.4 Å². The SMILES string of the molecule is CN(C)CCNC(=O)c1ccc(CNC(=O)c2coc(CN)c2)cc1. The van der Waals surface area contributed by atoms with Gasteiger partial charge in [0, 0.05) is 25.2 Å². The highest BCUT2D eigenvalue weighted by Crippen LogP contribution is 2.08. The zero-order chi connectivity index (χ0) is 18.2. The lowest BCUT2D eigenvalue weighted by Gasteiger charge is -2.10. The molecule has 0 aliphatic carbocycles. The van der Waals surface area contributed by atoms with Gasteiger partial charge in [0.05, 0.1) is 12.1 Å². The van der Waals surface area contributed by atoms with Crippen LogP contribution in [0, 0.1) is 0 Å². The molecular weight excluding hydrogens is 320 g/mol. The highest BCUT2D eigenvalue weighted by Gasteiger charge is 2.10. The Kier molecular flexibility index (Phi) is 6.73. The van der Waals surface area contributed by atoms with E-state index in [0.717, 1.165) is 12.1 Å². The number of carbonyl (C=O) groups is 2. The lowest BCUT2D eigenvalue weighted by molar-refractivity contribution is 0.0941. The summed E-state index contributed by atoms with van der Waals surface area (Å²) in [5.41, 5.74) is 7.39. The molecule has 134 valence electrons. The molecule has 4 N–H and O–H groups in total. The summed E-state index contributed by atoms with van der Waals surface area (Å²) in [5, 5.41) is 5.66. The average Bonchev–Trinajstić information content (AvgIpc) is 3.09. The van der Waals surface area contributed by atoms with Gasteiger partial charge in [-0.25, -0.2) is 0 Å². The van der Waals surface area contributed by atoms with E-state index in [0.29, 0.717) is 30.0 Å². The minimum atomic E-state index is -0.228. The van der Waals surface area contributed by atoms with Crippen molar-refractivity contribution in [3.05, 3.63) is 59.0 Å². The minimum Gasteiger partial charge on any atom is -0.467 e. The number of benzene rings is 1. The lowest BCUT2D eigenvalue weighted by atomic mass is 10.1. The Hall–Kier alpha value is -2.64. The second-order valence-electron chi connectivity index (χ2n) is 5.94. The molecule has 2 aromatic rings. The summed E-state index contributed by atoms with van der Waals surface area (Å²) in [6.07, 6.45) is 1.39. The number of furan rings is 1. The Balaban J connectivity index is 1.83. The van der Waals surface area contributed by atoms with Crippen LogP contribution in [0.15, 0.2) is 41.0 Å². The molecule has 0 fully saturated rings. The van der Waals surface area contributed by atoms with Crippen molar-refractivity contribution < 1.29 is 14.0 Å². The number of carbonyl (C=O) groups excluding carboxylic acids is 2. The number of nitrogens with two attached hydrogens (primary N) is 1. The third-order valence-corrected chi connectivity index (χ3v) is 3.63. The van der Waals surface area contributed by atoms with Crippen LogP contribution in [0.25, 0.3) is 0 Å². The first kappa shape index (κ1) is 18.7. The van der Waals surface area contributed by atoms with Crippen LogP contribution in [0.3, 0.4) is 0 Å². The molecule has 0 saturated carbocycles. The second kappa shape index (κ2) is 9.00. The Labute approximate surface area is 147 Å². The van der Waals surface area contributed by atoms with E-state index in [2.05, 4.69) is 10.6 Å². The average molecular weight is 344 g/mol. The fourth-order valence-electron chi connectivity index (χ4n) is 2.16. The molecular formula is C18H24N4O3. The molecule has 0 saturated heterocycles. The fourth-order valence-corrected chi connectivity index (χ4v) is 2.16. The van der Waals surface area contributed by atoms with Gasteiger partial charge in [0.2, 0.25) is 0 Å². The third-order valence-electron chi connectivity index (χ3n) is 3.63. The number of hydrogen-bond acceptors (Lipinski definition) is 5. The van der Waals surface area contributed by atoms with E-state index in [1.54, 1.807) is 18.2 Å². The molecule has 0 bridgehead atoms. The number of likely N-dealkylation sites (N-methyl/N-ethyl adjacent to an activating group) is 1. The molecule has 1 aromatic heterocycles. The van der Waals surface area contributed by atoms with Gasteiger partial charge in [0.15, 0.2) is 0 Å². The van der Waals surface area contributed by atoms with Gasteiger partial charge in [-0.1, -0.05) is 12.1 Å². The molecule has 1 heterocycles. The van der Waals surface area contributed by atoms with Crippen molar-refractivity contribution in [2.24, 2.45) is 5.73 Å². The number of hydrogen-bond donors (Lipinski definition) is 3.